The van der Waals surface area contributed by atoms with Crippen molar-refractivity contribution in [3.63, 3.8) is 0 Å². The molecule has 4 heterocycles. The number of aromatic nitrogens is 2. The summed E-state index contributed by atoms with van der Waals surface area (Å²) in [6.45, 7) is 4.78. The van der Waals surface area contributed by atoms with Gasteiger partial charge in [-0.25, -0.2) is 9.78 Å². The molecule has 1 N–H and O–H groups in total. The number of imide groups is 1. The Kier molecular flexibility index (Phi) is 3.94. The number of urea groups is 1. The molecule has 4 rings (SSSR count). The molecule has 2 saturated heterocycles. The van der Waals surface area contributed by atoms with Crippen molar-refractivity contribution < 1.29 is 14.4 Å². The second-order valence-corrected chi connectivity index (χ2v) is 6.77. The van der Waals surface area contributed by atoms with Gasteiger partial charge in [-0.1, -0.05) is 0 Å². The lowest BCUT2D eigenvalue weighted by molar-refractivity contribution is -0.128. The maximum atomic E-state index is 12.8. The van der Waals surface area contributed by atoms with Crippen molar-refractivity contribution in [1.82, 2.24) is 24.7 Å². The van der Waals surface area contributed by atoms with Crippen LogP contribution in [-0.4, -0.2) is 62.9 Å². The van der Waals surface area contributed by atoms with Crippen LogP contribution >= 0.6 is 0 Å². The highest BCUT2D eigenvalue weighted by Crippen LogP contribution is 2.20. The van der Waals surface area contributed by atoms with Crippen molar-refractivity contribution in [2.45, 2.75) is 26.4 Å². The normalized spacial score (nSPS) is 17.4. The van der Waals surface area contributed by atoms with Crippen LogP contribution in [0.5, 0.6) is 0 Å². The van der Waals surface area contributed by atoms with E-state index in [0.717, 1.165) is 10.6 Å². The van der Waals surface area contributed by atoms with Gasteiger partial charge in [0, 0.05) is 31.5 Å². The molecule has 0 saturated carbocycles. The van der Waals surface area contributed by atoms with Crippen LogP contribution in [0.1, 0.15) is 23.0 Å². The molecule has 140 valence electrons. The second kappa shape index (κ2) is 6.19. The molecule has 2 fully saturated rings. The Balaban J connectivity index is 1.62. The van der Waals surface area contributed by atoms with Gasteiger partial charge in [-0.05, 0) is 26.0 Å². The van der Waals surface area contributed by atoms with Gasteiger partial charge in [-0.15, -0.1) is 0 Å². The highest BCUT2D eigenvalue weighted by atomic mass is 16.2. The van der Waals surface area contributed by atoms with Crippen molar-refractivity contribution in [3.8, 4) is 0 Å². The van der Waals surface area contributed by atoms with E-state index >= 15 is 0 Å². The van der Waals surface area contributed by atoms with E-state index in [4.69, 9.17) is 0 Å². The molecule has 2 aromatic heterocycles. The van der Waals surface area contributed by atoms with E-state index in [-0.39, 0.29) is 42.6 Å². The third kappa shape index (κ3) is 2.66. The van der Waals surface area contributed by atoms with Gasteiger partial charge in [-0.2, -0.15) is 0 Å². The van der Waals surface area contributed by atoms with E-state index in [1.54, 1.807) is 22.9 Å². The van der Waals surface area contributed by atoms with Crippen LogP contribution in [-0.2, 0) is 11.3 Å². The average Bonchev–Trinajstić information content (AvgIpc) is 2.93. The average molecular weight is 369 g/mol. The van der Waals surface area contributed by atoms with Gasteiger partial charge in [-0.3, -0.25) is 19.3 Å². The Bertz CT molecular complexity index is 1020. The highest BCUT2D eigenvalue weighted by Gasteiger charge is 2.43. The van der Waals surface area contributed by atoms with E-state index in [9.17, 15) is 19.2 Å². The summed E-state index contributed by atoms with van der Waals surface area (Å²) in [5.41, 5.74) is 1.07. The Morgan fingerprint density at radius 1 is 1.26 bits per heavy atom. The fraction of sp³-hybridized carbons (Fsp3) is 0.389. The zero-order valence-corrected chi connectivity index (χ0v) is 15.1. The van der Waals surface area contributed by atoms with Gasteiger partial charge in [0.25, 0.3) is 5.91 Å². The van der Waals surface area contributed by atoms with E-state index in [1.165, 1.54) is 4.90 Å². The first kappa shape index (κ1) is 17.2. The van der Waals surface area contributed by atoms with Gasteiger partial charge >= 0.3 is 6.03 Å². The molecule has 9 nitrogen and oxygen atoms in total. The topological polar surface area (TPSA) is 105 Å². The Labute approximate surface area is 154 Å². The number of fused-ring (bicyclic) bond motifs is 1. The lowest BCUT2D eigenvalue weighted by Crippen LogP contribution is -2.62. The number of hydrogen-bond donors (Lipinski definition) is 1. The van der Waals surface area contributed by atoms with Crippen LogP contribution in [0.2, 0.25) is 0 Å². The SMILES string of the molecule is CCn1cc(C(=O)N2CC(N3C(=O)CNC3=O)C2)c(=O)c2ccc(C)nc21. The lowest BCUT2D eigenvalue weighted by Gasteiger charge is -2.42. The fourth-order valence-corrected chi connectivity index (χ4v) is 3.51. The number of carbonyl (C=O) groups excluding carboxylic acids is 3. The van der Waals surface area contributed by atoms with Gasteiger partial charge in [0.15, 0.2) is 0 Å². The fourth-order valence-electron chi connectivity index (χ4n) is 3.51. The second-order valence-electron chi connectivity index (χ2n) is 6.77. The van der Waals surface area contributed by atoms with Gasteiger partial charge in [0.1, 0.15) is 11.2 Å². The third-order valence-corrected chi connectivity index (χ3v) is 5.02. The zero-order chi connectivity index (χ0) is 19.3. The van der Waals surface area contributed by atoms with Crippen molar-refractivity contribution in [2.24, 2.45) is 0 Å². The summed E-state index contributed by atoms with van der Waals surface area (Å²) in [7, 11) is 0. The predicted molar refractivity (Wildman–Crippen MR) is 96.4 cm³/mol. The maximum Gasteiger partial charge on any atom is 0.324 e. The van der Waals surface area contributed by atoms with Crippen LogP contribution in [0, 0.1) is 6.92 Å². The van der Waals surface area contributed by atoms with Gasteiger partial charge < -0.3 is 14.8 Å². The quantitative estimate of drug-likeness (QED) is 0.773. The van der Waals surface area contributed by atoms with Crippen LogP contribution in [0.4, 0.5) is 4.79 Å². The number of nitrogens with zero attached hydrogens (tertiary/aromatic N) is 4. The molecule has 4 amide bonds. The predicted octanol–water partition coefficient (Wildman–Crippen LogP) is 0.101. The number of nitrogens with one attached hydrogen (secondary N) is 1. The zero-order valence-electron chi connectivity index (χ0n) is 15.1. The van der Waals surface area contributed by atoms with Crippen LogP contribution in [0.25, 0.3) is 11.0 Å². The molecule has 0 bridgehead atoms. The number of likely N-dealkylation sites (tertiary alicyclic amines) is 1. The van der Waals surface area contributed by atoms with E-state index in [2.05, 4.69) is 10.3 Å². The summed E-state index contributed by atoms with van der Waals surface area (Å²) in [5, 5.41) is 2.87. The molecule has 2 aliphatic rings. The lowest BCUT2D eigenvalue weighted by atomic mass is 10.0. The summed E-state index contributed by atoms with van der Waals surface area (Å²) >= 11 is 0. The molecule has 0 aliphatic carbocycles. The van der Waals surface area contributed by atoms with Crippen molar-refractivity contribution in [3.05, 3.63) is 39.8 Å². The van der Waals surface area contributed by atoms with Crippen LogP contribution in [0.3, 0.4) is 0 Å². The van der Waals surface area contributed by atoms with Crippen molar-refractivity contribution in [1.29, 1.82) is 0 Å². The number of carbonyl (C=O) groups is 3. The summed E-state index contributed by atoms with van der Waals surface area (Å²) in [4.78, 5) is 56.2. The molecule has 2 aliphatic heterocycles. The molecule has 0 spiro atoms. The molecular weight excluding hydrogens is 350 g/mol. The Morgan fingerprint density at radius 2 is 2.00 bits per heavy atom. The van der Waals surface area contributed by atoms with E-state index < -0.39 is 11.9 Å². The van der Waals surface area contributed by atoms with Crippen molar-refractivity contribution in [2.75, 3.05) is 19.6 Å². The van der Waals surface area contributed by atoms with E-state index in [1.807, 2.05) is 13.8 Å². The molecule has 0 aromatic carbocycles. The largest absolute Gasteiger partial charge is 0.334 e. The third-order valence-electron chi connectivity index (χ3n) is 5.02. The minimum atomic E-state index is -0.433. The molecule has 9 heteroatoms. The number of hydrogen-bond acceptors (Lipinski definition) is 5. The number of pyridine rings is 2. The summed E-state index contributed by atoms with van der Waals surface area (Å²) in [6.07, 6.45) is 1.54. The first-order chi connectivity index (χ1) is 12.9. The summed E-state index contributed by atoms with van der Waals surface area (Å²) < 4.78 is 1.78. The first-order valence-electron chi connectivity index (χ1n) is 8.80. The standard InChI is InChI=1S/C18H19N5O4/c1-3-21-9-13(15(25)12-5-4-10(2)20-16(12)21)17(26)22-7-11(8-22)23-14(24)6-19-18(23)27/h4-5,9,11H,3,6-8H2,1-2H3,(H,19,27). The number of aryl methyl sites for hydroxylation is 2. The molecular formula is C18H19N5O4. The van der Waals surface area contributed by atoms with Crippen LogP contribution in [0.15, 0.2) is 23.1 Å². The van der Waals surface area contributed by atoms with Crippen LogP contribution < -0.4 is 10.7 Å². The van der Waals surface area contributed by atoms with Crippen molar-refractivity contribution >= 4 is 28.9 Å². The number of amides is 4. The maximum absolute atomic E-state index is 12.8. The Hall–Kier alpha value is -3.23. The van der Waals surface area contributed by atoms with Gasteiger partial charge in [0.05, 0.1) is 18.0 Å². The molecule has 0 radical (unpaired) electrons. The number of rotatable bonds is 3. The smallest absolute Gasteiger partial charge is 0.324 e. The molecule has 0 unspecified atom stereocenters. The molecule has 27 heavy (non-hydrogen) atoms. The molecule has 0 atom stereocenters. The minimum Gasteiger partial charge on any atom is -0.334 e. The van der Waals surface area contributed by atoms with Gasteiger partial charge in [0.2, 0.25) is 11.3 Å². The monoisotopic (exact) mass is 369 g/mol. The first-order valence-corrected chi connectivity index (χ1v) is 8.80. The summed E-state index contributed by atoms with van der Waals surface area (Å²) in [6, 6.07) is 2.66. The van der Waals surface area contributed by atoms with E-state index in [0.29, 0.717) is 17.6 Å². The summed E-state index contributed by atoms with van der Waals surface area (Å²) in [5.74, 6) is -0.689. The Morgan fingerprint density at radius 3 is 2.63 bits per heavy atom. The highest BCUT2D eigenvalue weighted by molar-refractivity contribution is 6.03. The molecule has 2 aromatic rings. The minimum absolute atomic E-state index is 0.0123.